The molecule has 1 heteroatoms. The van der Waals surface area contributed by atoms with Gasteiger partial charge < -0.3 is 0 Å². The first-order chi connectivity index (χ1) is 4.41. The van der Waals surface area contributed by atoms with E-state index in [1.54, 1.807) is 9.10 Å². The lowest BCUT2D eigenvalue weighted by Gasteiger charge is -1.93. The van der Waals surface area contributed by atoms with Gasteiger partial charge in [0.2, 0.25) is 0 Å². The fourth-order valence-corrected chi connectivity index (χ4v) is 3.09. The molecule has 0 aromatic heterocycles. The van der Waals surface area contributed by atoms with E-state index in [4.69, 9.17) is 0 Å². The summed E-state index contributed by atoms with van der Waals surface area (Å²) in [6, 6.07) is 0. The zero-order chi connectivity index (χ0) is 6.95. The third-order valence-electron chi connectivity index (χ3n) is 1.71. The van der Waals surface area contributed by atoms with E-state index in [1.165, 1.54) is 25.7 Å². The van der Waals surface area contributed by atoms with Gasteiger partial charge in [0.1, 0.15) is 0 Å². The maximum atomic E-state index is 2.29. The molecule has 0 saturated heterocycles. The van der Waals surface area contributed by atoms with Crippen molar-refractivity contribution in [2.75, 3.05) is 0 Å². The van der Waals surface area contributed by atoms with E-state index in [2.05, 4.69) is 13.8 Å². The summed E-state index contributed by atoms with van der Waals surface area (Å²) in [4.78, 5) is 0. The second-order valence-corrected chi connectivity index (χ2v) is 4.89. The van der Waals surface area contributed by atoms with Gasteiger partial charge in [-0.3, -0.25) is 0 Å². The topological polar surface area (TPSA) is 0 Å². The highest BCUT2D eigenvalue weighted by molar-refractivity contribution is 6.35. The summed E-state index contributed by atoms with van der Waals surface area (Å²) < 4.78 is 3.19. The van der Waals surface area contributed by atoms with Crippen LogP contribution in [0.3, 0.4) is 0 Å². The van der Waals surface area contributed by atoms with Crippen molar-refractivity contribution in [1.82, 2.24) is 0 Å². The van der Waals surface area contributed by atoms with Crippen LogP contribution in [0.25, 0.3) is 0 Å². The minimum atomic E-state index is 0.389. The first-order valence-electron chi connectivity index (χ1n) is 4.41. The van der Waals surface area contributed by atoms with Gasteiger partial charge in [-0.25, -0.2) is 0 Å². The predicted octanol–water partition coefficient (Wildman–Crippen LogP) is 3.13. The van der Waals surface area contributed by atoms with Crippen molar-refractivity contribution in [2.24, 2.45) is 0 Å². The highest BCUT2D eigenvalue weighted by Gasteiger charge is 1.92. The fraction of sp³-hybridized carbons (Fsp3) is 1.00. The van der Waals surface area contributed by atoms with Crippen molar-refractivity contribution < 1.29 is 0 Å². The Morgan fingerprint density at radius 1 is 0.889 bits per heavy atom. The molecule has 0 fully saturated rings. The number of unbranched alkanes of at least 4 members (excludes halogenated alkanes) is 2. The molecule has 0 aliphatic heterocycles. The first kappa shape index (κ1) is 9.77. The second kappa shape index (κ2) is 8.77. The largest absolute Gasteiger partial charge is 0.364 e. The molecule has 0 spiro atoms. The standard InChI is InChI=1S/2C4H9.Mg/c2*1-3-4-2;/h2*1,3-4H2,2H3;. The van der Waals surface area contributed by atoms with Crippen molar-refractivity contribution in [1.29, 1.82) is 0 Å². The summed E-state index contributed by atoms with van der Waals surface area (Å²) in [5.74, 6) is 0. The summed E-state index contributed by atoms with van der Waals surface area (Å²) in [5, 5.41) is 0. The van der Waals surface area contributed by atoms with Crippen molar-refractivity contribution >= 4 is 20.4 Å². The number of rotatable bonds is 6. The van der Waals surface area contributed by atoms with E-state index in [1.807, 2.05) is 0 Å². The Balaban J connectivity index is 2.60. The Morgan fingerprint density at radius 3 is 1.67 bits per heavy atom. The van der Waals surface area contributed by atoms with Crippen LogP contribution in [0.5, 0.6) is 0 Å². The quantitative estimate of drug-likeness (QED) is 0.391. The van der Waals surface area contributed by atoms with Crippen LogP contribution in [0, 0.1) is 0 Å². The molecule has 52 valence electrons. The van der Waals surface area contributed by atoms with Crippen LogP contribution in [-0.2, 0) is 0 Å². The molecule has 0 bridgehead atoms. The monoisotopic (exact) mass is 138 g/mol. The van der Waals surface area contributed by atoms with Gasteiger partial charge in [-0.1, -0.05) is 39.5 Å². The van der Waals surface area contributed by atoms with E-state index >= 15 is 0 Å². The molecule has 0 aliphatic carbocycles. The van der Waals surface area contributed by atoms with E-state index in [0.717, 1.165) is 0 Å². The van der Waals surface area contributed by atoms with Crippen molar-refractivity contribution in [3.05, 3.63) is 0 Å². The van der Waals surface area contributed by atoms with Gasteiger partial charge in [-0.2, -0.15) is 0 Å². The molecule has 9 heavy (non-hydrogen) atoms. The maximum Gasteiger partial charge on any atom is 0.364 e. The van der Waals surface area contributed by atoms with Crippen molar-refractivity contribution in [2.45, 2.75) is 48.6 Å². The van der Waals surface area contributed by atoms with Crippen LogP contribution >= 0.6 is 0 Å². The van der Waals surface area contributed by atoms with Crippen LogP contribution in [0.2, 0.25) is 9.10 Å². The second-order valence-electron chi connectivity index (χ2n) is 2.77. The summed E-state index contributed by atoms with van der Waals surface area (Å²) in [6.45, 7) is 4.57. The molecule has 0 unspecified atom stereocenters. The highest BCUT2D eigenvalue weighted by atomic mass is 24.5. The van der Waals surface area contributed by atoms with Gasteiger partial charge in [0.25, 0.3) is 0 Å². The zero-order valence-corrected chi connectivity index (χ0v) is 8.36. The molecule has 0 heterocycles. The molecule has 0 aromatic carbocycles. The van der Waals surface area contributed by atoms with Gasteiger partial charge in [-0.05, 0) is 0 Å². The normalized spacial score (nSPS) is 9.11. The third kappa shape index (κ3) is 8.77. The Morgan fingerprint density at radius 2 is 1.33 bits per heavy atom. The van der Waals surface area contributed by atoms with Gasteiger partial charge in [0, 0.05) is 0 Å². The average Bonchev–Trinajstić information content (AvgIpc) is 1.89. The molecule has 0 N–H and O–H groups in total. The predicted molar refractivity (Wildman–Crippen MR) is 45.2 cm³/mol. The van der Waals surface area contributed by atoms with Gasteiger partial charge in [0.05, 0.1) is 0 Å². The van der Waals surface area contributed by atoms with Crippen LogP contribution in [0.1, 0.15) is 39.5 Å². The van der Waals surface area contributed by atoms with E-state index in [-0.39, 0.29) is 0 Å². The Kier molecular flexibility index (Phi) is 9.51. The highest BCUT2D eigenvalue weighted by Crippen LogP contribution is 1.99. The minimum Gasteiger partial charge on any atom is -0.146 e. The minimum absolute atomic E-state index is 0.389. The molecular weight excluding hydrogens is 120 g/mol. The Bertz CT molecular complexity index is 37.8. The van der Waals surface area contributed by atoms with Gasteiger partial charge >= 0.3 is 20.4 Å². The van der Waals surface area contributed by atoms with Gasteiger partial charge in [-0.15, -0.1) is 9.10 Å². The molecule has 0 aliphatic rings. The van der Waals surface area contributed by atoms with Crippen molar-refractivity contribution in [3.63, 3.8) is 0 Å². The Labute approximate surface area is 69.1 Å². The average molecular weight is 139 g/mol. The van der Waals surface area contributed by atoms with Gasteiger partial charge in [0.15, 0.2) is 0 Å². The molecule has 0 radical (unpaired) electrons. The fourth-order valence-electron chi connectivity index (χ4n) is 1.03. The summed E-state index contributed by atoms with van der Waals surface area (Å²) in [7, 11) is 0. The molecule has 0 saturated carbocycles. The van der Waals surface area contributed by atoms with Crippen molar-refractivity contribution in [3.8, 4) is 0 Å². The lowest BCUT2D eigenvalue weighted by molar-refractivity contribution is 0.851. The number of hydrogen-bond acceptors (Lipinski definition) is 0. The smallest absolute Gasteiger partial charge is 0.146 e. The SMILES string of the molecule is CCC[CH2][Mg][CH2]CCC. The third-order valence-corrected chi connectivity index (χ3v) is 3.71. The lowest BCUT2D eigenvalue weighted by Crippen LogP contribution is -1.87. The van der Waals surface area contributed by atoms with Crippen LogP contribution in [-0.4, -0.2) is 20.4 Å². The van der Waals surface area contributed by atoms with Crippen LogP contribution in [0.4, 0.5) is 0 Å². The molecule has 0 atom stereocenters. The molecular formula is C8H18Mg. The molecule has 0 nitrogen and oxygen atoms in total. The number of hydrogen-bond donors (Lipinski definition) is 0. The lowest BCUT2D eigenvalue weighted by atomic mass is 10.4. The van der Waals surface area contributed by atoms with Crippen LogP contribution < -0.4 is 0 Å². The van der Waals surface area contributed by atoms with E-state index in [0.29, 0.717) is 20.4 Å². The van der Waals surface area contributed by atoms with E-state index < -0.39 is 0 Å². The van der Waals surface area contributed by atoms with E-state index in [9.17, 15) is 0 Å². The molecule has 0 aromatic rings. The summed E-state index contributed by atoms with van der Waals surface area (Å²) in [5.41, 5.74) is 0. The zero-order valence-electron chi connectivity index (χ0n) is 6.95. The molecule has 0 amide bonds. The summed E-state index contributed by atoms with van der Waals surface area (Å²) >= 11 is 0.389. The Hall–Kier alpha value is 0.766. The molecule has 0 rings (SSSR count). The summed E-state index contributed by atoms with van der Waals surface area (Å²) in [6.07, 6.45) is 5.80. The van der Waals surface area contributed by atoms with Crippen LogP contribution in [0.15, 0.2) is 0 Å². The first-order valence-corrected chi connectivity index (χ1v) is 6.41. The maximum absolute atomic E-state index is 2.29.